The molecule has 0 radical (unpaired) electrons. The molecule has 0 saturated carbocycles. The zero-order valence-electron chi connectivity index (χ0n) is 12.4. The van der Waals surface area contributed by atoms with Gasteiger partial charge in [0.15, 0.2) is 6.29 Å². The molecule has 1 N–H and O–H groups in total. The molecule has 6 nitrogen and oxygen atoms in total. The van der Waals surface area contributed by atoms with Crippen LogP contribution in [0.3, 0.4) is 0 Å². The first kappa shape index (κ1) is 14.3. The topological polar surface area (TPSA) is 79.7 Å². The number of fused-ring (bicyclic) bond motifs is 3. The predicted molar refractivity (Wildman–Crippen MR) is 82.2 cm³/mol. The summed E-state index contributed by atoms with van der Waals surface area (Å²) >= 11 is 0. The minimum atomic E-state index is -0.688. The molecule has 2 unspecified atom stereocenters. The Kier molecular flexibility index (Phi) is 3.36. The summed E-state index contributed by atoms with van der Waals surface area (Å²) in [5.74, 6) is -0.151. The highest BCUT2D eigenvalue weighted by atomic mass is 16.5. The van der Waals surface area contributed by atoms with Crippen LogP contribution < -0.4 is 0 Å². The number of hydrogen-bond donors (Lipinski definition) is 1. The van der Waals surface area contributed by atoms with Crippen LogP contribution in [0.2, 0.25) is 0 Å². The van der Waals surface area contributed by atoms with E-state index in [0.717, 1.165) is 17.2 Å². The van der Waals surface area contributed by atoms with Gasteiger partial charge in [0.05, 0.1) is 24.3 Å². The number of carbonyl (C=O) groups excluding carboxylic acids is 2. The van der Waals surface area contributed by atoms with Gasteiger partial charge in [-0.1, -0.05) is 6.07 Å². The summed E-state index contributed by atoms with van der Waals surface area (Å²) in [6.07, 6.45) is 2.33. The summed E-state index contributed by atoms with van der Waals surface area (Å²) in [6, 6.07) is 4.99. The van der Waals surface area contributed by atoms with Crippen LogP contribution in [0.5, 0.6) is 0 Å². The third-order valence-corrected chi connectivity index (χ3v) is 4.67. The van der Waals surface area contributed by atoms with Crippen LogP contribution in [0.4, 0.5) is 0 Å². The number of hydrogen-bond acceptors (Lipinski definition) is 5. The summed E-state index contributed by atoms with van der Waals surface area (Å²) < 4.78 is 5.24. The summed E-state index contributed by atoms with van der Waals surface area (Å²) in [4.78, 5) is 30.2. The number of benzene rings is 1. The van der Waals surface area contributed by atoms with E-state index in [2.05, 4.69) is 4.98 Å². The zero-order valence-corrected chi connectivity index (χ0v) is 12.4. The molecule has 2 aliphatic heterocycles. The number of aliphatic hydroxyl groups is 1. The van der Waals surface area contributed by atoms with Gasteiger partial charge >= 0.3 is 0 Å². The number of aldehydes is 1. The molecule has 3 heterocycles. The van der Waals surface area contributed by atoms with Gasteiger partial charge in [-0.05, 0) is 18.6 Å². The van der Waals surface area contributed by atoms with Gasteiger partial charge in [0.2, 0.25) is 0 Å². The van der Waals surface area contributed by atoms with E-state index in [1.54, 1.807) is 23.2 Å². The molecule has 1 saturated heterocycles. The number of pyridine rings is 1. The van der Waals surface area contributed by atoms with Crippen LogP contribution in [-0.4, -0.2) is 52.5 Å². The van der Waals surface area contributed by atoms with Crippen LogP contribution >= 0.6 is 0 Å². The molecule has 23 heavy (non-hydrogen) atoms. The second kappa shape index (κ2) is 5.40. The largest absolute Gasteiger partial charge is 0.389 e. The molecule has 6 heteroatoms. The molecule has 2 aromatic rings. The van der Waals surface area contributed by atoms with Crippen molar-refractivity contribution in [2.24, 2.45) is 0 Å². The number of rotatable bonds is 2. The Bertz CT molecular complexity index is 805. The van der Waals surface area contributed by atoms with Crippen molar-refractivity contribution >= 4 is 23.1 Å². The van der Waals surface area contributed by atoms with Gasteiger partial charge in [0.1, 0.15) is 0 Å². The average molecular weight is 312 g/mol. The van der Waals surface area contributed by atoms with E-state index in [1.165, 1.54) is 0 Å². The first-order chi connectivity index (χ1) is 11.2. The lowest BCUT2D eigenvalue weighted by Gasteiger charge is -2.34. The maximum Gasteiger partial charge on any atom is 0.254 e. The molecule has 0 spiro atoms. The Morgan fingerprint density at radius 2 is 2.30 bits per heavy atom. The zero-order chi connectivity index (χ0) is 16.0. The minimum absolute atomic E-state index is 0.151. The van der Waals surface area contributed by atoms with E-state index in [0.29, 0.717) is 36.2 Å². The van der Waals surface area contributed by atoms with Crippen molar-refractivity contribution < 1.29 is 19.4 Å². The Hall–Kier alpha value is -2.31. The third kappa shape index (κ3) is 2.14. The Balaban J connectivity index is 1.82. The third-order valence-electron chi connectivity index (χ3n) is 4.67. The minimum Gasteiger partial charge on any atom is -0.389 e. The standard InChI is InChI=1S/C17H16N2O4/c20-8-10-6-12-13(16-11(10)2-1-4-18-16)7-19(17(12)22)14-3-5-23-9-15(14)21/h1-2,4,6,8,14-15,21H,3,5,7,9H2. The number of aromatic nitrogens is 1. The molecule has 2 atom stereocenters. The average Bonchev–Trinajstić information content (AvgIpc) is 2.91. The molecule has 118 valence electrons. The molecule has 0 bridgehead atoms. The van der Waals surface area contributed by atoms with E-state index in [4.69, 9.17) is 4.74 Å². The molecule has 4 rings (SSSR count). The van der Waals surface area contributed by atoms with Gasteiger partial charge in [-0.25, -0.2) is 0 Å². The second-order valence-corrected chi connectivity index (χ2v) is 5.94. The van der Waals surface area contributed by atoms with Gasteiger partial charge in [-0.3, -0.25) is 14.6 Å². The fourth-order valence-electron chi connectivity index (χ4n) is 3.51. The Labute approximate surface area is 132 Å². The fourth-order valence-corrected chi connectivity index (χ4v) is 3.51. The van der Waals surface area contributed by atoms with Crippen LogP contribution in [0, 0.1) is 0 Å². The Morgan fingerprint density at radius 1 is 1.43 bits per heavy atom. The fraction of sp³-hybridized carbons (Fsp3) is 0.353. The van der Waals surface area contributed by atoms with Crippen LogP contribution in [0.1, 0.15) is 32.7 Å². The SMILES string of the molecule is O=Cc1cc2c(c3ncccc13)CN(C1CCOCC1O)C2=O. The molecule has 2 aliphatic rings. The van der Waals surface area contributed by atoms with E-state index in [9.17, 15) is 14.7 Å². The van der Waals surface area contributed by atoms with Crippen molar-refractivity contribution in [3.8, 4) is 0 Å². The molecular weight excluding hydrogens is 296 g/mol. The van der Waals surface area contributed by atoms with Crippen LogP contribution in [0.25, 0.3) is 10.9 Å². The van der Waals surface area contributed by atoms with Gasteiger partial charge in [0.25, 0.3) is 5.91 Å². The Morgan fingerprint density at radius 3 is 3.09 bits per heavy atom. The molecule has 1 amide bonds. The number of carbonyl (C=O) groups is 2. The van der Waals surface area contributed by atoms with Crippen molar-refractivity contribution in [3.63, 3.8) is 0 Å². The summed E-state index contributed by atoms with van der Waals surface area (Å²) in [6.45, 7) is 1.17. The predicted octanol–water partition coefficient (Wildman–Crippen LogP) is 1.15. The van der Waals surface area contributed by atoms with Gasteiger partial charge in [0, 0.05) is 41.4 Å². The van der Waals surface area contributed by atoms with Crippen molar-refractivity contribution in [1.29, 1.82) is 0 Å². The maximum atomic E-state index is 12.8. The molecule has 1 fully saturated rings. The lowest BCUT2D eigenvalue weighted by Crippen LogP contribution is -2.49. The summed E-state index contributed by atoms with van der Waals surface area (Å²) in [5, 5.41) is 10.9. The van der Waals surface area contributed by atoms with Crippen LogP contribution in [-0.2, 0) is 11.3 Å². The molecule has 0 aliphatic carbocycles. The van der Waals surface area contributed by atoms with Gasteiger partial charge in [-0.15, -0.1) is 0 Å². The van der Waals surface area contributed by atoms with E-state index < -0.39 is 6.10 Å². The summed E-state index contributed by atoms with van der Waals surface area (Å²) in [7, 11) is 0. The van der Waals surface area contributed by atoms with Crippen molar-refractivity contribution in [3.05, 3.63) is 41.1 Å². The summed E-state index contributed by atoms with van der Waals surface area (Å²) in [5.41, 5.74) is 2.49. The molecule has 1 aromatic carbocycles. The van der Waals surface area contributed by atoms with Crippen molar-refractivity contribution in [1.82, 2.24) is 9.88 Å². The normalized spacial score (nSPS) is 24.0. The van der Waals surface area contributed by atoms with E-state index in [1.807, 2.05) is 6.07 Å². The van der Waals surface area contributed by atoms with Crippen molar-refractivity contribution in [2.75, 3.05) is 13.2 Å². The lowest BCUT2D eigenvalue weighted by molar-refractivity contribution is -0.0571. The monoisotopic (exact) mass is 312 g/mol. The highest BCUT2D eigenvalue weighted by molar-refractivity contribution is 6.08. The van der Waals surface area contributed by atoms with Crippen LogP contribution in [0.15, 0.2) is 24.4 Å². The first-order valence-electron chi connectivity index (χ1n) is 7.63. The first-order valence-corrected chi connectivity index (χ1v) is 7.63. The second-order valence-electron chi connectivity index (χ2n) is 5.94. The number of aliphatic hydroxyl groups excluding tert-OH is 1. The molecular formula is C17H16N2O4. The van der Waals surface area contributed by atoms with E-state index >= 15 is 0 Å². The molecule has 1 aromatic heterocycles. The number of ether oxygens (including phenoxy) is 1. The van der Waals surface area contributed by atoms with Gasteiger partial charge in [-0.2, -0.15) is 0 Å². The number of amides is 1. The smallest absolute Gasteiger partial charge is 0.254 e. The maximum absolute atomic E-state index is 12.8. The van der Waals surface area contributed by atoms with Gasteiger partial charge < -0.3 is 14.7 Å². The highest BCUT2D eigenvalue weighted by Gasteiger charge is 2.39. The van der Waals surface area contributed by atoms with Crippen molar-refractivity contribution in [2.45, 2.75) is 25.1 Å². The van der Waals surface area contributed by atoms with E-state index in [-0.39, 0.29) is 18.6 Å². The highest BCUT2D eigenvalue weighted by Crippen LogP contribution is 2.33. The number of nitrogens with zero attached hydrogens (tertiary/aromatic N) is 2. The quantitative estimate of drug-likeness (QED) is 0.842. The lowest BCUT2D eigenvalue weighted by atomic mass is 10.0.